The van der Waals surface area contributed by atoms with E-state index < -0.39 is 0 Å². The van der Waals surface area contributed by atoms with E-state index in [0.717, 1.165) is 31.7 Å². The number of hydrogen-bond donors (Lipinski definition) is 0. The zero-order valence-corrected chi connectivity index (χ0v) is 12.3. The van der Waals surface area contributed by atoms with Crippen LogP contribution in [0.4, 0.5) is 0 Å². The molecule has 1 saturated heterocycles. The van der Waals surface area contributed by atoms with Crippen molar-refractivity contribution < 1.29 is 14.3 Å². The number of benzene rings is 1. The third-order valence-corrected chi connectivity index (χ3v) is 3.59. The van der Waals surface area contributed by atoms with Gasteiger partial charge in [0.15, 0.2) is 0 Å². The topological polar surface area (TPSA) is 38.8 Å². The van der Waals surface area contributed by atoms with Crippen molar-refractivity contribution in [2.75, 3.05) is 26.3 Å². The van der Waals surface area contributed by atoms with Gasteiger partial charge in [-0.25, -0.2) is 0 Å². The first-order valence-corrected chi connectivity index (χ1v) is 7.31. The van der Waals surface area contributed by atoms with E-state index in [1.807, 2.05) is 31.2 Å². The summed E-state index contributed by atoms with van der Waals surface area (Å²) in [5.41, 5.74) is 1.22. The molecule has 0 bridgehead atoms. The largest absolute Gasteiger partial charge is 0.492 e. The van der Waals surface area contributed by atoms with Crippen LogP contribution in [0.3, 0.4) is 0 Å². The Bertz CT molecular complexity index is 430. The molecule has 0 amide bonds. The number of ether oxygens (including phenoxy) is 2. The van der Waals surface area contributed by atoms with Gasteiger partial charge in [-0.2, -0.15) is 0 Å². The molecule has 1 unspecified atom stereocenters. The summed E-state index contributed by atoms with van der Waals surface area (Å²) in [5, 5.41) is 0. The Balaban J connectivity index is 1.78. The van der Waals surface area contributed by atoms with Crippen LogP contribution in [-0.4, -0.2) is 43.2 Å². The van der Waals surface area contributed by atoms with Crippen molar-refractivity contribution in [2.24, 2.45) is 0 Å². The summed E-state index contributed by atoms with van der Waals surface area (Å²) in [6.45, 7) is 6.65. The van der Waals surface area contributed by atoms with Crippen LogP contribution in [0.1, 0.15) is 25.3 Å². The van der Waals surface area contributed by atoms with Crippen LogP contribution in [0.2, 0.25) is 0 Å². The highest BCUT2D eigenvalue weighted by atomic mass is 16.5. The molecule has 4 nitrogen and oxygen atoms in total. The molecule has 1 atom stereocenters. The van der Waals surface area contributed by atoms with Gasteiger partial charge in [-0.15, -0.1) is 0 Å². The molecule has 0 N–H and O–H groups in total. The summed E-state index contributed by atoms with van der Waals surface area (Å²) >= 11 is 0. The van der Waals surface area contributed by atoms with Gasteiger partial charge in [0.05, 0.1) is 6.61 Å². The molecule has 1 aliphatic heterocycles. The third-order valence-electron chi connectivity index (χ3n) is 3.59. The highest BCUT2D eigenvalue weighted by Crippen LogP contribution is 2.18. The Morgan fingerprint density at radius 1 is 1.35 bits per heavy atom. The Morgan fingerprint density at radius 3 is 2.80 bits per heavy atom. The summed E-state index contributed by atoms with van der Waals surface area (Å²) in [7, 11) is 0. The van der Waals surface area contributed by atoms with Crippen molar-refractivity contribution >= 4 is 5.97 Å². The predicted octanol–water partition coefficient (Wildman–Crippen LogP) is 2.40. The van der Waals surface area contributed by atoms with Gasteiger partial charge in [-0.05, 0) is 45.4 Å². The lowest BCUT2D eigenvalue weighted by molar-refractivity contribution is -0.148. The molecule has 1 aromatic rings. The number of aryl methyl sites for hydroxylation is 1. The van der Waals surface area contributed by atoms with E-state index in [1.54, 1.807) is 0 Å². The van der Waals surface area contributed by atoms with Gasteiger partial charge in [-0.1, -0.05) is 17.7 Å². The molecule has 1 fully saturated rings. The number of likely N-dealkylation sites (tertiary alicyclic amines) is 1. The van der Waals surface area contributed by atoms with Crippen molar-refractivity contribution in [3.05, 3.63) is 29.8 Å². The summed E-state index contributed by atoms with van der Waals surface area (Å²) in [5.74, 6) is 0.780. The molecule has 0 aliphatic carbocycles. The number of esters is 1. The zero-order valence-electron chi connectivity index (χ0n) is 12.3. The monoisotopic (exact) mass is 277 g/mol. The molecular weight excluding hydrogens is 254 g/mol. The van der Waals surface area contributed by atoms with Gasteiger partial charge in [0, 0.05) is 6.54 Å². The van der Waals surface area contributed by atoms with Gasteiger partial charge in [0.1, 0.15) is 18.4 Å². The Morgan fingerprint density at radius 2 is 2.10 bits per heavy atom. The van der Waals surface area contributed by atoms with Crippen LogP contribution in [0.15, 0.2) is 24.3 Å². The van der Waals surface area contributed by atoms with E-state index in [4.69, 9.17) is 9.47 Å². The van der Waals surface area contributed by atoms with E-state index >= 15 is 0 Å². The predicted molar refractivity (Wildman–Crippen MR) is 77.9 cm³/mol. The lowest BCUT2D eigenvalue weighted by atomic mass is 10.2. The normalized spacial score (nSPS) is 19.0. The zero-order chi connectivity index (χ0) is 14.4. The fraction of sp³-hybridized carbons (Fsp3) is 0.562. The highest BCUT2D eigenvalue weighted by molar-refractivity contribution is 5.76. The molecule has 1 aliphatic rings. The fourth-order valence-electron chi connectivity index (χ4n) is 2.51. The van der Waals surface area contributed by atoms with E-state index in [9.17, 15) is 4.79 Å². The van der Waals surface area contributed by atoms with Crippen LogP contribution in [0, 0.1) is 6.92 Å². The molecule has 20 heavy (non-hydrogen) atoms. The highest BCUT2D eigenvalue weighted by Gasteiger charge is 2.31. The molecule has 0 saturated carbocycles. The summed E-state index contributed by atoms with van der Waals surface area (Å²) in [6, 6.07) is 7.93. The second-order valence-electron chi connectivity index (χ2n) is 5.11. The van der Waals surface area contributed by atoms with Crippen LogP contribution >= 0.6 is 0 Å². The Labute approximate surface area is 120 Å². The molecule has 0 radical (unpaired) electrons. The smallest absolute Gasteiger partial charge is 0.323 e. The first-order valence-electron chi connectivity index (χ1n) is 7.31. The van der Waals surface area contributed by atoms with Gasteiger partial charge in [-0.3, -0.25) is 9.69 Å². The minimum Gasteiger partial charge on any atom is -0.492 e. The fourth-order valence-corrected chi connectivity index (χ4v) is 2.51. The van der Waals surface area contributed by atoms with E-state index in [2.05, 4.69) is 11.8 Å². The molecule has 2 rings (SSSR count). The summed E-state index contributed by atoms with van der Waals surface area (Å²) < 4.78 is 10.8. The summed E-state index contributed by atoms with van der Waals surface area (Å²) in [4.78, 5) is 14.0. The first-order chi connectivity index (χ1) is 9.70. The van der Waals surface area contributed by atoms with E-state index in [-0.39, 0.29) is 12.0 Å². The van der Waals surface area contributed by atoms with Crippen molar-refractivity contribution in [3.8, 4) is 5.75 Å². The maximum atomic E-state index is 11.8. The average molecular weight is 277 g/mol. The minimum atomic E-state index is -0.0969. The van der Waals surface area contributed by atoms with Gasteiger partial charge in [0.2, 0.25) is 0 Å². The van der Waals surface area contributed by atoms with Crippen molar-refractivity contribution in [1.82, 2.24) is 4.90 Å². The quantitative estimate of drug-likeness (QED) is 0.748. The van der Waals surface area contributed by atoms with Gasteiger partial charge < -0.3 is 9.47 Å². The number of carbonyl (C=O) groups excluding carboxylic acids is 1. The lowest BCUT2D eigenvalue weighted by Gasteiger charge is -2.22. The lowest BCUT2D eigenvalue weighted by Crippen LogP contribution is -2.39. The molecule has 0 aromatic heterocycles. The SMILES string of the molecule is CCOC(=O)C1CCCN1CCOc1ccc(C)cc1. The van der Waals surface area contributed by atoms with Crippen molar-refractivity contribution in [3.63, 3.8) is 0 Å². The molecule has 4 heteroatoms. The van der Waals surface area contributed by atoms with E-state index in [0.29, 0.717) is 13.2 Å². The Hall–Kier alpha value is -1.55. The van der Waals surface area contributed by atoms with E-state index in [1.165, 1.54) is 5.56 Å². The molecular formula is C16H23NO3. The summed E-state index contributed by atoms with van der Waals surface area (Å²) in [6.07, 6.45) is 1.94. The molecule has 0 spiro atoms. The standard InChI is InChI=1S/C16H23NO3/c1-3-19-16(18)15-5-4-10-17(15)11-12-20-14-8-6-13(2)7-9-14/h6-9,15H,3-5,10-12H2,1-2H3. The second kappa shape index (κ2) is 7.29. The van der Waals surface area contributed by atoms with Crippen molar-refractivity contribution in [2.45, 2.75) is 32.7 Å². The number of carbonyl (C=O) groups is 1. The number of rotatable bonds is 6. The number of nitrogens with zero attached hydrogens (tertiary/aromatic N) is 1. The van der Waals surface area contributed by atoms with Crippen molar-refractivity contribution in [1.29, 1.82) is 0 Å². The third kappa shape index (κ3) is 3.97. The van der Waals surface area contributed by atoms with Gasteiger partial charge >= 0.3 is 5.97 Å². The van der Waals surface area contributed by atoms with Crippen LogP contribution in [0.25, 0.3) is 0 Å². The minimum absolute atomic E-state index is 0.0865. The second-order valence-corrected chi connectivity index (χ2v) is 5.11. The van der Waals surface area contributed by atoms with Crippen LogP contribution in [-0.2, 0) is 9.53 Å². The Kier molecular flexibility index (Phi) is 5.41. The molecule has 110 valence electrons. The maximum Gasteiger partial charge on any atom is 0.323 e. The first kappa shape index (κ1) is 14.9. The van der Waals surface area contributed by atoms with Crippen LogP contribution < -0.4 is 4.74 Å². The maximum absolute atomic E-state index is 11.8. The van der Waals surface area contributed by atoms with Crippen LogP contribution in [0.5, 0.6) is 5.75 Å². The molecule has 1 aromatic carbocycles. The average Bonchev–Trinajstić information content (AvgIpc) is 2.90. The van der Waals surface area contributed by atoms with Gasteiger partial charge in [0.25, 0.3) is 0 Å². The number of hydrogen-bond acceptors (Lipinski definition) is 4. The molecule has 1 heterocycles.